The quantitative estimate of drug-likeness (QED) is 0.768. The number of aliphatic carboxylic acids is 1. The molecule has 4 heteroatoms. The van der Waals surface area contributed by atoms with Gasteiger partial charge in [0.25, 0.3) is 0 Å². The van der Waals surface area contributed by atoms with Crippen LogP contribution in [0, 0.1) is 6.92 Å². The highest BCUT2D eigenvalue weighted by Gasteiger charge is 2.01. The Morgan fingerprint density at radius 2 is 2.25 bits per heavy atom. The second-order valence-electron chi connectivity index (χ2n) is 3.53. The van der Waals surface area contributed by atoms with Gasteiger partial charge < -0.3 is 15.2 Å². The Bertz CT molecular complexity index is 363. The van der Waals surface area contributed by atoms with Crippen molar-refractivity contribution >= 4 is 5.97 Å². The van der Waals surface area contributed by atoms with Gasteiger partial charge in [0.05, 0.1) is 13.2 Å². The molecular weight excluding hydrogens is 206 g/mol. The maximum atomic E-state index is 10.3. The lowest BCUT2D eigenvalue weighted by atomic mass is 10.1. The summed E-state index contributed by atoms with van der Waals surface area (Å²) >= 11 is 0. The second-order valence-corrected chi connectivity index (χ2v) is 3.53. The molecule has 0 fully saturated rings. The summed E-state index contributed by atoms with van der Waals surface area (Å²) in [6.07, 6.45) is 0. The molecule has 16 heavy (non-hydrogen) atoms. The number of nitrogens with one attached hydrogen (secondary N) is 1. The summed E-state index contributed by atoms with van der Waals surface area (Å²) in [4.78, 5) is 10.3. The summed E-state index contributed by atoms with van der Waals surface area (Å²) in [6.45, 7) is 5.11. The highest BCUT2D eigenvalue weighted by atomic mass is 16.5. The van der Waals surface area contributed by atoms with Crippen molar-refractivity contribution in [1.29, 1.82) is 0 Å². The highest BCUT2D eigenvalue weighted by molar-refractivity contribution is 5.69. The van der Waals surface area contributed by atoms with Crippen molar-refractivity contribution in [2.75, 3.05) is 13.2 Å². The largest absolute Gasteiger partial charge is 0.494 e. The van der Waals surface area contributed by atoms with Gasteiger partial charge in [0.15, 0.2) is 0 Å². The second kappa shape index (κ2) is 6.12. The van der Waals surface area contributed by atoms with Crippen LogP contribution in [-0.2, 0) is 11.3 Å². The predicted octanol–water partition coefficient (Wildman–Crippen LogP) is 1.57. The third kappa shape index (κ3) is 3.90. The number of rotatable bonds is 6. The monoisotopic (exact) mass is 223 g/mol. The smallest absolute Gasteiger partial charge is 0.317 e. The molecule has 1 aromatic carbocycles. The van der Waals surface area contributed by atoms with Crippen molar-refractivity contribution in [3.63, 3.8) is 0 Å². The zero-order chi connectivity index (χ0) is 12.0. The fourth-order valence-corrected chi connectivity index (χ4v) is 1.45. The number of carboxylic acid groups (broad SMARTS) is 1. The zero-order valence-electron chi connectivity index (χ0n) is 9.62. The molecule has 0 aliphatic carbocycles. The molecule has 0 spiro atoms. The van der Waals surface area contributed by atoms with Gasteiger partial charge >= 0.3 is 5.97 Å². The van der Waals surface area contributed by atoms with E-state index in [4.69, 9.17) is 9.84 Å². The molecule has 0 heterocycles. The molecule has 0 aliphatic heterocycles. The maximum absolute atomic E-state index is 10.3. The Hall–Kier alpha value is -1.55. The lowest BCUT2D eigenvalue weighted by Crippen LogP contribution is -2.21. The van der Waals surface area contributed by atoms with Crippen LogP contribution in [0.5, 0.6) is 5.75 Å². The van der Waals surface area contributed by atoms with E-state index in [0.717, 1.165) is 16.9 Å². The van der Waals surface area contributed by atoms with Gasteiger partial charge in [-0.05, 0) is 31.0 Å². The van der Waals surface area contributed by atoms with E-state index < -0.39 is 5.97 Å². The van der Waals surface area contributed by atoms with Crippen molar-refractivity contribution in [2.24, 2.45) is 0 Å². The van der Waals surface area contributed by atoms with E-state index in [-0.39, 0.29) is 6.54 Å². The molecule has 0 aliphatic rings. The summed E-state index contributed by atoms with van der Waals surface area (Å²) in [5, 5.41) is 11.3. The first-order valence-corrected chi connectivity index (χ1v) is 5.28. The predicted molar refractivity (Wildman–Crippen MR) is 61.7 cm³/mol. The SMILES string of the molecule is CCOc1ccc(CNCC(=O)O)cc1C. The van der Waals surface area contributed by atoms with Crippen molar-refractivity contribution in [2.45, 2.75) is 20.4 Å². The minimum atomic E-state index is -0.845. The van der Waals surface area contributed by atoms with Gasteiger partial charge in [0.1, 0.15) is 5.75 Å². The van der Waals surface area contributed by atoms with Gasteiger partial charge in [-0.3, -0.25) is 4.79 Å². The van der Waals surface area contributed by atoms with E-state index in [0.29, 0.717) is 13.2 Å². The number of hydrogen-bond donors (Lipinski definition) is 2. The average Bonchev–Trinajstić information content (AvgIpc) is 2.21. The van der Waals surface area contributed by atoms with Crippen LogP contribution in [0.15, 0.2) is 18.2 Å². The van der Waals surface area contributed by atoms with Gasteiger partial charge in [-0.25, -0.2) is 0 Å². The molecule has 0 saturated heterocycles. The molecule has 4 nitrogen and oxygen atoms in total. The van der Waals surface area contributed by atoms with Gasteiger partial charge in [-0.2, -0.15) is 0 Å². The van der Waals surface area contributed by atoms with E-state index in [1.54, 1.807) is 0 Å². The van der Waals surface area contributed by atoms with Crippen LogP contribution < -0.4 is 10.1 Å². The Labute approximate surface area is 95.2 Å². The molecule has 0 saturated carbocycles. The maximum Gasteiger partial charge on any atom is 0.317 e. The molecule has 0 bridgehead atoms. The Balaban J connectivity index is 2.55. The van der Waals surface area contributed by atoms with E-state index >= 15 is 0 Å². The third-order valence-corrected chi connectivity index (χ3v) is 2.14. The average molecular weight is 223 g/mol. The van der Waals surface area contributed by atoms with Crippen LogP contribution in [0.25, 0.3) is 0 Å². The van der Waals surface area contributed by atoms with Gasteiger partial charge in [-0.1, -0.05) is 12.1 Å². The van der Waals surface area contributed by atoms with Crippen LogP contribution in [-0.4, -0.2) is 24.2 Å². The van der Waals surface area contributed by atoms with E-state index in [2.05, 4.69) is 5.32 Å². The van der Waals surface area contributed by atoms with Crippen LogP contribution in [0.1, 0.15) is 18.1 Å². The molecule has 0 atom stereocenters. The summed E-state index contributed by atoms with van der Waals surface area (Å²) in [7, 11) is 0. The van der Waals surface area contributed by atoms with E-state index in [1.165, 1.54) is 0 Å². The Kier molecular flexibility index (Phi) is 4.79. The summed E-state index contributed by atoms with van der Waals surface area (Å²) in [5.74, 6) is 0.0344. The number of benzene rings is 1. The van der Waals surface area contributed by atoms with Crippen LogP contribution >= 0.6 is 0 Å². The van der Waals surface area contributed by atoms with E-state index in [1.807, 2.05) is 32.0 Å². The van der Waals surface area contributed by atoms with E-state index in [9.17, 15) is 4.79 Å². The summed E-state index contributed by atoms with van der Waals surface area (Å²) in [5.41, 5.74) is 2.12. The van der Waals surface area contributed by atoms with Crippen molar-refractivity contribution in [3.8, 4) is 5.75 Å². The molecule has 1 aromatic rings. The number of hydrogen-bond acceptors (Lipinski definition) is 3. The number of ether oxygens (including phenoxy) is 1. The molecule has 0 amide bonds. The number of carboxylic acids is 1. The van der Waals surface area contributed by atoms with Crippen molar-refractivity contribution in [1.82, 2.24) is 5.32 Å². The Morgan fingerprint density at radius 3 is 2.81 bits per heavy atom. The van der Waals surface area contributed by atoms with Gasteiger partial charge in [0, 0.05) is 6.54 Å². The summed E-state index contributed by atoms with van der Waals surface area (Å²) in [6, 6.07) is 5.85. The molecule has 0 radical (unpaired) electrons. The fraction of sp³-hybridized carbons (Fsp3) is 0.417. The first-order valence-electron chi connectivity index (χ1n) is 5.28. The first kappa shape index (κ1) is 12.5. The number of carbonyl (C=O) groups is 1. The normalized spacial score (nSPS) is 10.1. The third-order valence-electron chi connectivity index (χ3n) is 2.14. The van der Waals surface area contributed by atoms with Gasteiger partial charge in [0.2, 0.25) is 0 Å². The van der Waals surface area contributed by atoms with Crippen molar-refractivity contribution < 1.29 is 14.6 Å². The lowest BCUT2D eigenvalue weighted by molar-refractivity contribution is -0.135. The summed E-state index contributed by atoms with van der Waals surface area (Å²) < 4.78 is 5.42. The number of aryl methyl sites for hydroxylation is 1. The first-order chi connectivity index (χ1) is 7.63. The molecule has 1 rings (SSSR count). The minimum Gasteiger partial charge on any atom is -0.494 e. The molecule has 88 valence electrons. The lowest BCUT2D eigenvalue weighted by Gasteiger charge is -2.09. The standard InChI is InChI=1S/C12H17NO3/c1-3-16-11-5-4-10(6-9(11)2)7-13-8-12(14)15/h4-6,13H,3,7-8H2,1-2H3,(H,14,15). The van der Waals surface area contributed by atoms with Crippen LogP contribution in [0.2, 0.25) is 0 Å². The highest BCUT2D eigenvalue weighted by Crippen LogP contribution is 2.18. The topological polar surface area (TPSA) is 58.6 Å². The Morgan fingerprint density at radius 1 is 1.50 bits per heavy atom. The van der Waals surface area contributed by atoms with Crippen LogP contribution in [0.3, 0.4) is 0 Å². The van der Waals surface area contributed by atoms with Crippen molar-refractivity contribution in [3.05, 3.63) is 29.3 Å². The molecule has 0 aromatic heterocycles. The fourth-order valence-electron chi connectivity index (χ4n) is 1.45. The molecule has 0 unspecified atom stereocenters. The molecular formula is C12H17NO3. The van der Waals surface area contributed by atoms with Crippen LogP contribution in [0.4, 0.5) is 0 Å². The minimum absolute atomic E-state index is 0.0216. The zero-order valence-corrected chi connectivity index (χ0v) is 9.62. The molecule has 2 N–H and O–H groups in total. The van der Waals surface area contributed by atoms with Gasteiger partial charge in [-0.15, -0.1) is 0 Å².